The number of fused-ring (bicyclic) bond motifs is 1. The zero-order valence-corrected chi connectivity index (χ0v) is 16.5. The molecule has 0 spiro atoms. The van der Waals surface area contributed by atoms with Crippen molar-refractivity contribution < 1.29 is 0 Å². The van der Waals surface area contributed by atoms with Crippen LogP contribution in [-0.2, 0) is 5.41 Å². The van der Waals surface area contributed by atoms with Crippen LogP contribution in [0.5, 0.6) is 0 Å². The Kier molecular flexibility index (Phi) is 2.60. The molecule has 0 radical (unpaired) electrons. The molecule has 0 fully saturated rings. The van der Waals surface area contributed by atoms with Gasteiger partial charge in [-0.3, -0.25) is 0 Å². The summed E-state index contributed by atoms with van der Waals surface area (Å²) in [6.45, 7) is 4.72. The van der Waals surface area contributed by atoms with Gasteiger partial charge in [0.25, 0.3) is 0 Å². The summed E-state index contributed by atoms with van der Waals surface area (Å²) >= 11 is 0. The number of anilines is 3. The summed E-state index contributed by atoms with van der Waals surface area (Å²) in [6.07, 6.45) is 0. The number of nitrogens with zero attached hydrogens (tertiary/aromatic N) is 2. The fraction of sp³-hybridized carbons (Fsp3) is 0.111. The minimum Gasteiger partial charge on any atom is -0.306 e. The molecule has 0 unspecified atom stereocenters. The van der Waals surface area contributed by atoms with E-state index in [1.807, 2.05) is 0 Å². The molecule has 1 aromatic heterocycles. The van der Waals surface area contributed by atoms with Crippen LogP contribution in [0.1, 0.15) is 25.0 Å². The Morgan fingerprint density at radius 1 is 0.586 bits per heavy atom. The van der Waals surface area contributed by atoms with Crippen LogP contribution in [0.25, 0.3) is 27.5 Å². The Labute approximate surface area is 169 Å². The third-order valence-electron chi connectivity index (χ3n) is 6.87. The van der Waals surface area contributed by atoms with E-state index in [1.165, 1.54) is 55.7 Å². The Balaban J connectivity index is 1.79. The van der Waals surface area contributed by atoms with Gasteiger partial charge in [-0.25, -0.2) is 0 Å². The lowest BCUT2D eigenvalue weighted by Crippen LogP contribution is -2.29. The van der Waals surface area contributed by atoms with Crippen molar-refractivity contribution in [3.8, 4) is 5.69 Å². The highest BCUT2D eigenvalue weighted by atomic mass is 15.2. The third kappa shape index (κ3) is 1.65. The molecule has 29 heavy (non-hydrogen) atoms. The van der Waals surface area contributed by atoms with Gasteiger partial charge in [0.2, 0.25) is 0 Å². The molecule has 0 saturated carbocycles. The van der Waals surface area contributed by atoms with E-state index >= 15 is 0 Å². The van der Waals surface area contributed by atoms with E-state index in [1.54, 1.807) is 0 Å². The molecule has 2 aliphatic heterocycles. The zero-order valence-electron chi connectivity index (χ0n) is 16.5. The largest absolute Gasteiger partial charge is 0.306 e. The Bertz CT molecular complexity index is 1470. The predicted molar refractivity (Wildman–Crippen MR) is 121 cm³/mol. The van der Waals surface area contributed by atoms with E-state index in [2.05, 4.69) is 108 Å². The fourth-order valence-corrected chi connectivity index (χ4v) is 5.59. The van der Waals surface area contributed by atoms with Crippen LogP contribution >= 0.6 is 0 Å². The van der Waals surface area contributed by atoms with Gasteiger partial charge in [0.05, 0.1) is 28.1 Å². The molecule has 0 saturated heterocycles. The van der Waals surface area contributed by atoms with Crippen LogP contribution in [-0.4, -0.2) is 4.57 Å². The summed E-state index contributed by atoms with van der Waals surface area (Å²) < 4.78 is 2.53. The smallest absolute Gasteiger partial charge is 0.0783 e. The summed E-state index contributed by atoms with van der Waals surface area (Å²) in [7, 11) is 0. The van der Waals surface area contributed by atoms with Gasteiger partial charge in [0, 0.05) is 21.9 Å². The molecular weight excluding hydrogens is 352 g/mol. The van der Waals surface area contributed by atoms with Crippen molar-refractivity contribution in [3.63, 3.8) is 0 Å². The second-order valence-corrected chi connectivity index (χ2v) is 8.68. The van der Waals surface area contributed by atoms with Crippen molar-refractivity contribution >= 4 is 38.9 Å². The molecule has 7 rings (SSSR count). The minimum absolute atomic E-state index is 0.0465. The minimum atomic E-state index is -0.0465. The third-order valence-corrected chi connectivity index (χ3v) is 6.87. The average Bonchev–Trinajstić information content (AvgIpc) is 3.10. The lowest BCUT2D eigenvalue weighted by atomic mass is 9.74. The van der Waals surface area contributed by atoms with Gasteiger partial charge in [-0.05, 0) is 35.4 Å². The van der Waals surface area contributed by atoms with Crippen LogP contribution in [0.3, 0.4) is 0 Å². The first kappa shape index (κ1) is 15.4. The lowest BCUT2D eigenvalue weighted by Gasteiger charge is -2.40. The maximum absolute atomic E-state index is 2.53. The summed E-state index contributed by atoms with van der Waals surface area (Å²) in [4.78, 5) is 2.43. The first-order valence-electron chi connectivity index (χ1n) is 10.2. The van der Waals surface area contributed by atoms with Crippen molar-refractivity contribution in [1.82, 2.24) is 4.57 Å². The van der Waals surface area contributed by atoms with Gasteiger partial charge in [0.15, 0.2) is 0 Å². The maximum atomic E-state index is 2.53. The van der Waals surface area contributed by atoms with Crippen molar-refractivity contribution in [2.75, 3.05) is 4.90 Å². The molecule has 2 aliphatic rings. The molecule has 0 N–H and O–H groups in total. The van der Waals surface area contributed by atoms with Crippen LogP contribution in [0.4, 0.5) is 17.1 Å². The highest BCUT2D eigenvalue weighted by Crippen LogP contribution is 2.56. The van der Waals surface area contributed by atoms with Gasteiger partial charge in [-0.1, -0.05) is 74.5 Å². The van der Waals surface area contributed by atoms with Crippen LogP contribution in [0, 0.1) is 0 Å². The molecule has 4 aromatic carbocycles. The molecular formula is C27H20N2. The summed E-state index contributed by atoms with van der Waals surface area (Å²) in [6, 6.07) is 31.1. The van der Waals surface area contributed by atoms with Gasteiger partial charge in [-0.2, -0.15) is 0 Å². The molecule has 3 heterocycles. The number of aromatic nitrogens is 1. The number of benzene rings is 4. The lowest BCUT2D eigenvalue weighted by molar-refractivity contribution is 0.629. The molecule has 0 bridgehead atoms. The molecule has 2 heteroatoms. The SMILES string of the molecule is CC1(C)c2cccc3c2-n2c4c(cccc4c4cccc1c42)N3c1ccccc1. The number of hydrogen-bond donors (Lipinski definition) is 0. The van der Waals surface area contributed by atoms with Gasteiger partial charge >= 0.3 is 0 Å². The molecule has 0 aliphatic carbocycles. The second kappa shape index (κ2) is 4.90. The van der Waals surface area contributed by atoms with E-state index in [0.717, 1.165) is 0 Å². The number of hydrogen-bond acceptors (Lipinski definition) is 1. The van der Waals surface area contributed by atoms with Crippen LogP contribution in [0.15, 0.2) is 84.9 Å². The molecule has 138 valence electrons. The Morgan fingerprint density at radius 2 is 1.24 bits per heavy atom. The molecule has 5 aromatic rings. The predicted octanol–water partition coefficient (Wildman–Crippen LogP) is 7.21. The van der Waals surface area contributed by atoms with E-state index in [4.69, 9.17) is 0 Å². The summed E-state index contributed by atoms with van der Waals surface area (Å²) in [5, 5.41) is 2.68. The average molecular weight is 372 g/mol. The van der Waals surface area contributed by atoms with Gasteiger partial charge in [0.1, 0.15) is 0 Å². The fourth-order valence-electron chi connectivity index (χ4n) is 5.59. The quantitative estimate of drug-likeness (QED) is 0.296. The van der Waals surface area contributed by atoms with Crippen LogP contribution in [0.2, 0.25) is 0 Å². The Hall–Kier alpha value is -3.52. The summed E-state index contributed by atoms with van der Waals surface area (Å²) in [5.41, 5.74) is 10.5. The van der Waals surface area contributed by atoms with Crippen molar-refractivity contribution in [2.45, 2.75) is 19.3 Å². The highest BCUT2D eigenvalue weighted by Gasteiger charge is 2.40. The number of para-hydroxylation sites is 4. The van der Waals surface area contributed by atoms with Crippen LogP contribution < -0.4 is 4.90 Å². The van der Waals surface area contributed by atoms with Crippen molar-refractivity contribution in [3.05, 3.63) is 96.1 Å². The zero-order chi connectivity index (χ0) is 19.3. The normalized spacial score (nSPS) is 15.4. The summed E-state index contributed by atoms with van der Waals surface area (Å²) in [5.74, 6) is 0. The maximum Gasteiger partial charge on any atom is 0.0783 e. The van der Waals surface area contributed by atoms with E-state index in [-0.39, 0.29) is 5.41 Å². The highest BCUT2D eigenvalue weighted by molar-refractivity contribution is 6.18. The monoisotopic (exact) mass is 372 g/mol. The van der Waals surface area contributed by atoms with Crippen molar-refractivity contribution in [2.24, 2.45) is 0 Å². The van der Waals surface area contributed by atoms with E-state index in [0.29, 0.717) is 0 Å². The van der Waals surface area contributed by atoms with Gasteiger partial charge in [-0.15, -0.1) is 0 Å². The first-order valence-corrected chi connectivity index (χ1v) is 10.2. The first-order chi connectivity index (χ1) is 14.2. The second-order valence-electron chi connectivity index (χ2n) is 8.68. The number of rotatable bonds is 1. The Morgan fingerprint density at radius 3 is 2.07 bits per heavy atom. The topological polar surface area (TPSA) is 8.17 Å². The molecule has 0 atom stereocenters. The molecule has 0 amide bonds. The van der Waals surface area contributed by atoms with Gasteiger partial charge < -0.3 is 9.47 Å². The van der Waals surface area contributed by atoms with E-state index < -0.39 is 0 Å². The van der Waals surface area contributed by atoms with Crippen molar-refractivity contribution in [1.29, 1.82) is 0 Å². The van der Waals surface area contributed by atoms with E-state index in [9.17, 15) is 0 Å². The standard InChI is InChI=1S/C27H20N2/c1-27(2)20-13-6-11-18-19-12-7-15-22-25(19)29(24(18)20)26-21(27)14-8-16-23(26)28(22)17-9-4-3-5-10-17/h3-16H,1-2H3. The molecule has 2 nitrogen and oxygen atoms in total.